The van der Waals surface area contributed by atoms with E-state index in [1.165, 1.54) is 0 Å². The van der Waals surface area contributed by atoms with Crippen molar-refractivity contribution in [2.24, 2.45) is 5.92 Å². The van der Waals surface area contributed by atoms with Gasteiger partial charge in [-0.3, -0.25) is 0 Å². The van der Waals surface area contributed by atoms with E-state index in [-0.39, 0.29) is 12.0 Å². The van der Waals surface area contributed by atoms with E-state index in [1.54, 1.807) is 11.3 Å². The van der Waals surface area contributed by atoms with Crippen molar-refractivity contribution < 1.29 is 5.11 Å². The third-order valence-electron chi connectivity index (χ3n) is 2.73. The van der Waals surface area contributed by atoms with Gasteiger partial charge in [-0.1, -0.05) is 13.8 Å². The van der Waals surface area contributed by atoms with Gasteiger partial charge in [0.2, 0.25) is 0 Å². The van der Waals surface area contributed by atoms with Gasteiger partial charge < -0.3 is 9.67 Å². The molecule has 0 bridgehead atoms. The van der Waals surface area contributed by atoms with E-state index in [4.69, 9.17) is 0 Å². The smallest absolute Gasteiger partial charge is 0.113 e. The zero-order valence-electron chi connectivity index (χ0n) is 10.4. The summed E-state index contributed by atoms with van der Waals surface area (Å²) in [6.45, 7) is 6.82. The molecule has 2 heterocycles. The molecular formula is C13H18N2OS. The number of aliphatic hydroxyl groups is 1. The van der Waals surface area contributed by atoms with Crippen LogP contribution >= 0.6 is 11.3 Å². The molecule has 3 nitrogen and oxygen atoms in total. The van der Waals surface area contributed by atoms with E-state index in [1.807, 2.05) is 39.2 Å². The molecule has 2 aromatic heterocycles. The average molecular weight is 250 g/mol. The first-order valence-corrected chi connectivity index (χ1v) is 6.69. The van der Waals surface area contributed by atoms with E-state index >= 15 is 0 Å². The Morgan fingerprint density at radius 2 is 2.24 bits per heavy atom. The lowest BCUT2D eigenvalue weighted by molar-refractivity contribution is 0.127. The van der Waals surface area contributed by atoms with Gasteiger partial charge in [-0.15, -0.1) is 11.3 Å². The Hall–Kier alpha value is -1.13. The van der Waals surface area contributed by atoms with Crippen LogP contribution in [0.15, 0.2) is 23.8 Å². The Morgan fingerprint density at radius 3 is 2.82 bits per heavy atom. The molecule has 1 atom stereocenters. The van der Waals surface area contributed by atoms with Crippen LogP contribution in [0, 0.1) is 12.8 Å². The summed E-state index contributed by atoms with van der Waals surface area (Å²) in [5.74, 6) is 0.243. The minimum absolute atomic E-state index is 0.243. The van der Waals surface area contributed by atoms with Gasteiger partial charge in [0.25, 0.3) is 0 Å². The van der Waals surface area contributed by atoms with Gasteiger partial charge in [0.05, 0.1) is 12.6 Å². The van der Waals surface area contributed by atoms with E-state index in [0.717, 1.165) is 22.8 Å². The zero-order chi connectivity index (χ0) is 12.4. The lowest BCUT2D eigenvalue weighted by atomic mass is 10.0. The van der Waals surface area contributed by atoms with E-state index in [2.05, 4.69) is 14.9 Å². The number of hydrogen-bond donors (Lipinski definition) is 1. The summed E-state index contributed by atoms with van der Waals surface area (Å²) < 4.78 is 2.07. The predicted octanol–water partition coefficient (Wildman–Crippen LogP) is 2.99. The van der Waals surface area contributed by atoms with Crippen LogP contribution in [-0.2, 0) is 6.54 Å². The number of hydrogen-bond acceptors (Lipinski definition) is 3. The monoisotopic (exact) mass is 250 g/mol. The molecular weight excluding hydrogens is 232 g/mol. The first-order valence-electron chi connectivity index (χ1n) is 5.81. The fourth-order valence-electron chi connectivity index (χ4n) is 1.75. The lowest BCUT2D eigenvalue weighted by Gasteiger charge is -2.12. The third kappa shape index (κ3) is 2.96. The standard InChI is InChI=1S/C13H18N2OS/c1-9(2)13(16)11-4-5-15(6-11)7-12-14-10(3)8-17-12/h4-6,8-9,13,16H,7H2,1-3H3. The quantitative estimate of drug-likeness (QED) is 0.906. The molecule has 2 aromatic rings. The Bertz CT molecular complexity index is 487. The largest absolute Gasteiger partial charge is 0.388 e. The Labute approximate surface area is 106 Å². The Balaban J connectivity index is 2.08. The van der Waals surface area contributed by atoms with Crippen molar-refractivity contribution in [1.82, 2.24) is 9.55 Å². The van der Waals surface area contributed by atoms with Crippen LogP contribution in [-0.4, -0.2) is 14.7 Å². The summed E-state index contributed by atoms with van der Waals surface area (Å²) in [5, 5.41) is 13.1. The molecule has 0 aliphatic carbocycles. The summed E-state index contributed by atoms with van der Waals surface area (Å²) in [4.78, 5) is 4.43. The van der Waals surface area contributed by atoms with Crippen molar-refractivity contribution in [3.63, 3.8) is 0 Å². The fraction of sp³-hybridized carbons (Fsp3) is 0.462. The van der Waals surface area contributed by atoms with Crippen LogP contribution in [0.3, 0.4) is 0 Å². The SMILES string of the molecule is Cc1csc(Cn2ccc(C(O)C(C)C)c2)n1. The van der Waals surface area contributed by atoms with Gasteiger partial charge in [0.1, 0.15) is 5.01 Å². The van der Waals surface area contributed by atoms with E-state index < -0.39 is 0 Å². The second-order valence-corrected chi connectivity index (χ2v) is 5.63. The van der Waals surface area contributed by atoms with Crippen molar-refractivity contribution in [3.8, 4) is 0 Å². The van der Waals surface area contributed by atoms with Gasteiger partial charge in [-0.25, -0.2) is 4.98 Å². The summed E-state index contributed by atoms with van der Waals surface area (Å²) >= 11 is 1.67. The zero-order valence-corrected chi connectivity index (χ0v) is 11.2. The van der Waals surface area contributed by atoms with Crippen molar-refractivity contribution in [2.45, 2.75) is 33.4 Å². The number of aryl methyl sites for hydroxylation is 1. The highest BCUT2D eigenvalue weighted by Crippen LogP contribution is 2.22. The molecule has 0 aliphatic heterocycles. The van der Waals surface area contributed by atoms with Crippen molar-refractivity contribution in [3.05, 3.63) is 40.1 Å². The molecule has 0 fully saturated rings. The van der Waals surface area contributed by atoms with Gasteiger partial charge >= 0.3 is 0 Å². The highest BCUT2D eigenvalue weighted by Gasteiger charge is 2.13. The first-order chi connectivity index (χ1) is 8.06. The Kier molecular flexibility index (Phi) is 3.64. The number of aromatic nitrogens is 2. The molecule has 0 aliphatic rings. The normalized spacial score (nSPS) is 13.2. The molecule has 2 rings (SSSR count). The van der Waals surface area contributed by atoms with Crippen LogP contribution in [0.4, 0.5) is 0 Å². The number of nitrogens with zero attached hydrogens (tertiary/aromatic N) is 2. The highest BCUT2D eigenvalue weighted by atomic mass is 32.1. The topological polar surface area (TPSA) is 38.0 Å². The summed E-state index contributed by atoms with van der Waals surface area (Å²) in [6, 6.07) is 1.98. The van der Waals surface area contributed by atoms with E-state index in [0.29, 0.717) is 0 Å². The van der Waals surface area contributed by atoms with Crippen LogP contribution in [0.5, 0.6) is 0 Å². The number of thiazole rings is 1. The summed E-state index contributed by atoms with van der Waals surface area (Å²) in [7, 11) is 0. The van der Waals surface area contributed by atoms with E-state index in [9.17, 15) is 5.11 Å². The lowest BCUT2D eigenvalue weighted by Crippen LogP contribution is -2.04. The molecule has 0 radical (unpaired) electrons. The molecule has 17 heavy (non-hydrogen) atoms. The predicted molar refractivity (Wildman–Crippen MR) is 70.2 cm³/mol. The molecule has 0 spiro atoms. The van der Waals surface area contributed by atoms with Crippen LogP contribution < -0.4 is 0 Å². The van der Waals surface area contributed by atoms with Crippen molar-refractivity contribution in [2.75, 3.05) is 0 Å². The van der Waals surface area contributed by atoms with Gasteiger partial charge in [-0.05, 0) is 24.5 Å². The minimum atomic E-state index is -0.380. The summed E-state index contributed by atoms with van der Waals surface area (Å²) in [5.41, 5.74) is 2.05. The molecule has 0 amide bonds. The van der Waals surface area contributed by atoms with Gasteiger partial charge in [-0.2, -0.15) is 0 Å². The number of aliphatic hydroxyl groups excluding tert-OH is 1. The van der Waals surface area contributed by atoms with Gasteiger partial charge in [0, 0.05) is 23.5 Å². The van der Waals surface area contributed by atoms with Crippen molar-refractivity contribution in [1.29, 1.82) is 0 Å². The maximum absolute atomic E-state index is 9.95. The van der Waals surface area contributed by atoms with Crippen LogP contribution in [0.2, 0.25) is 0 Å². The van der Waals surface area contributed by atoms with Gasteiger partial charge in [0.15, 0.2) is 0 Å². The molecule has 1 N–H and O–H groups in total. The molecule has 0 aromatic carbocycles. The number of rotatable bonds is 4. The average Bonchev–Trinajstić information content (AvgIpc) is 2.87. The third-order valence-corrected chi connectivity index (χ3v) is 3.68. The second-order valence-electron chi connectivity index (χ2n) is 4.69. The fourth-order valence-corrected chi connectivity index (χ4v) is 2.53. The molecule has 0 saturated carbocycles. The van der Waals surface area contributed by atoms with Crippen molar-refractivity contribution >= 4 is 11.3 Å². The maximum Gasteiger partial charge on any atom is 0.113 e. The van der Waals surface area contributed by atoms with Crippen LogP contribution in [0.25, 0.3) is 0 Å². The summed E-state index contributed by atoms with van der Waals surface area (Å²) in [6.07, 6.45) is 3.62. The maximum atomic E-state index is 9.95. The highest BCUT2D eigenvalue weighted by molar-refractivity contribution is 7.09. The first kappa shape index (κ1) is 12.3. The molecule has 1 unspecified atom stereocenters. The molecule has 92 valence electrons. The second kappa shape index (κ2) is 5.02. The van der Waals surface area contributed by atoms with Crippen LogP contribution in [0.1, 0.15) is 36.2 Å². The Morgan fingerprint density at radius 1 is 1.47 bits per heavy atom. The minimum Gasteiger partial charge on any atom is -0.388 e. The molecule has 0 saturated heterocycles. The molecule has 4 heteroatoms.